The van der Waals surface area contributed by atoms with Gasteiger partial charge in [-0.1, -0.05) is 24.3 Å². The molecular formula is C16H17NO2. The largest absolute Gasteiger partial charge is 0.462 e. The molecule has 2 aromatic rings. The maximum absolute atomic E-state index is 10.6. The van der Waals surface area contributed by atoms with E-state index < -0.39 is 0 Å². The fourth-order valence-electron chi connectivity index (χ4n) is 1.87. The van der Waals surface area contributed by atoms with Crippen molar-refractivity contribution in [3.8, 4) is 0 Å². The van der Waals surface area contributed by atoms with E-state index in [4.69, 9.17) is 4.74 Å². The van der Waals surface area contributed by atoms with Gasteiger partial charge < -0.3 is 10.1 Å². The summed E-state index contributed by atoms with van der Waals surface area (Å²) in [6, 6.07) is 12.5. The molecule has 0 saturated carbocycles. The summed E-state index contributed by atoms with van der Waals surface area (Å²) < 4.78 is 4.85. The summed E-state index contributed by atoms with van der Waals surface area (Å²) in [5, 5.41) is 5.51. The molecule has 0 heterocycles. The first-order valence-corrected chi connectivity index (χ1v) is 6.20. The molecule has 0 bridgehead atoms. The van der Waals surface area contributed by atoms with Crippen LogP contribution in [-0.2, 0) is 9.53 Å². The molecule has 3 heteroatoms. The van der Waals surface area contributed by atoms with Crippen LogP contribution in [0.3, 0.4) is 0 Å². The van der Waals surface area contributed by atoms with Gasteiger partial charge >= 0.3 is 5.97 Å². The smallest absolute Gasteiger partial charge is 0.302 e. The van der Waals surface area contributed by atoms with Crippen LogP contribution in [0.2, 0.25) is 0 Å². The third kappa shape index (κ3) is 3.58. The Morgan fingerprint density at radius 1 is 1.21 bits per heavy atom. The molecule has 2 aromatic carbocycles. The zero-order chi connectivity index (χ0) is 13.7. The van der Waals surface area contributed by atoms with Crippen molar-refractivity contribution in [2.24, 2.45) is 0 Å². The van der Waals surface area contributed by atoms with Crippen molar-refractivity contribution in [3.05, 3.63) is 48.0 Å². The van der Waals surface area contributed by atoms with E-state index in [9.17, 15) is 4.79 Å². The Balaban J connectivity index is 2.15. The van der Waals surface area contributed by atoms with Gasteiger partial charge in [0.05, 0.1) is 0 Å². The number of ether oxygens (including phenoxy) is 1. The topological polar surface area (TPSA) is 38.3 Å². The Kier molecular flexibility index (Phi) is 4.18. The lowest BCUT2D eigenvalue weighted by Crippen LogP contribution is -1.97. The number of esters is 1. The molecule has 2 rings (SSSR count). The van der Waals surface area contributed by atoms with Gasteiger partial charge in [0.15, 0.2) is 0 Å². The molecule has 98 valence electrons. The molecule has 0 saturated heterocycles. The number of benzene rings is 2. The van der Waals surface area contributed by atoms with Gasteiger partial charge in [-0.05, 0) is 40.6 Å². The quantitative estimate of drug-likeness (QED) is 0.850. The second kappa shape index (κ2) is 6.05. The average Bonchev–Trinajstić information content (AvgIpc) is 2.42. The van der Waals surface area contributed by atoms with Gasteiger partial charge in [-0.15, -0.1) is 0 Å². The maximum Gasteiger partial charge on any atom is 0.302 e. The van der Waals surface area contributed by atoms with Crippen molar-refractivity contribution in [3.63, 3.8) is 0 Å². The van der Waals surface area contributed by atoms with Gasteiger partial charge in [-0.3, -0.25) is 4.79 Å². The third-order valence-corrected chi connectivity index (χ3v) is 2.85. The first kappa shape index (κ1) is 13.1. The van der Waals surface area contributed by atoms with Crippen LogP contribution >= 0.6 is 0 Å². The molecule has 19 heavy (non-hydrogen) atoms. The second-order valence-electron chi connectivity index (χ2n) is 4.28. The highest BCUT2D eigenvalue weighted by molar-refractivity contribution is 5.87. The minimum Gasteiger partial charge on any atom is -0.462 e. The number of carbonyl (C=O) groups is 1. The number of hydrogen-bond donors (Lipinski definition) is 1. The van der Waals surface area contributed by atoms with Crippen molar-refractivity contribution in [1.29, 1.82) is 0 Å². The Morgan fingerprint density at radius 2 is 1.95 bits per heavy atom. The number of rotatable bonds is 4. The zero-order valence-electron chi connectivity index (χ0n) is 11.1. The summed E-state index contributed by atoms with van der Waals surface area (Å²) in [7, 11) is 1.91. The Labute approximate surface area is 112 Å². The number of fused-ring (bicyclic) bond motifs is 1. The predicted octanol–water partition coefficient (Wildman–Crippen LogP) is 3.46. The Morgan fingerprint density at radius 3 is 2.68 bits per heavy atom. The minimum atomic E-state index is -0.261. The maximum atomic E-state index is 10.6. The summed E-state index contributed by atoms with van der Waals surface area (Å²) in [5.41, 5.74) is 2.20. The van der Waals surface area contributed by atoms with E-state index in [-0.39, 0.29) is 5.97 Å². The van der Waals surface area contributed by atoms with Crippen molar-refractivity contribution < 1.29 is 9.53 Å². The van der Waals surface area contributed by atoms with E-state index in [1.807, 2.05) is 25.3 Å². The molecule has 3 nitrogen and oxygen atoms in total. The number of anilines is 1. The molecule has 0 unspecified atom stereocenters. The summed E-state index contributed by atoms with van der Waals surface area (Å²) in [6.07, 6.45) is 3.79. The molecule has 0 aliphatic carbocycles. The van der Waals surface area contributed by atoms with E-state index in [0.29, 0.717) is 6.61 Å². The molecule has 0 radical (unpaired) electrons. The summed E-state index contributed by atoms with van der Waals surface area (Å²) >= 11 is 0. The van der Waals surface area contributed by atoms with E-state index in [2.05, 4.69) is 35.6 Å². The predicted molar refractivity (Wildman–Crippen MR) is 79.2 cm³/mol. The minimum absolute atomic E-state index is 0.261. The highest BCUT2D eigenvalue weighted by Crippen LogP contribution is 2.20. The van der Waals surface area contributed by atoms with Crippen LogP contribution in [0.5, 0.6) is 0 Å². The monoisotopic (exact) mass is 255 g/mol. The second-order valence-corrected chi connectivity index (χ2v) is 4.28. The molecule has 1 N–H and O–H groups in total. The van der Waals surface area contributed by atoms with Crippen LogP contribution in [0.4, 0.5) is 5.69 Å². The van der Waals surface area contributed by atoms with Crippen LogP contribution in [0.1, 0.15) is 12.5 Å². The van der Waals surface area contributed by atoms with Crippen molar-refractivity contribution in [1.82, 2.24) is 0 Å². The summed E-state index contributed by atoms with van der Waals surface area (Å²) in [4.78, 5) is 10.6. The van der Waals surface area contributed by atoms with E-state index >= 15 is 0 Å². The molecule has 0 aliphatic heterocycles. The zero-order valence-corrected chi connectivity index (χ0v) is 11.1. The average molecular weight is 255 g/mol. The molecule has 0 fully saturated rings. The van der Waals surface area contributed by atoms with Crippen LogP contribution < -0.4 is 5.32 Å². The lowest BCUT2D eigenvalue weighted by Gasteiger charge is -2.04. The van der Waals surface area contributed by atoms with Crippen LogP contribution in [0.25, 0.3) is 16.8 Å². The van der Waals surface area contributed by atoms with Gasteiger partial charge in [0, 0.05) is 19.7 Å². The Hall–Kier alpha value is -2.29. The standard InChI is InChI=1S/C16H17NO2/c1-12(18)19-9-3-4-13-5-6-15-11-16(17-2)8-7-14(15)10-13/h3-8,10-11,17H,9H2,1-2H3/b4-3+. The van der Waals surface area contributed by atoms with Gasteiger partial charge in [0.25, 0.3) is 0 Å². The van der Waals surface area contributed by atoms with E-state index in [1.54, 1.807) is 0 Å². The fraction of sp³-hybridized carbons (Fsp3) is 0.188. The van der Waals surface area contributed by atoms with Crippen molar-refractivity contribution in [2.75, 3.05) is 19.0 Å². The van der Waals surface area contributed by atoms with Gasteiger partial charge in [0.2, 0.25) is 0 Å². The molecule has 0 aliphatic rings. The highest BCUT2D eigenvalue weighted by Gasteiger charge is 1.96. The Bertz CT molecular complexity index is 617. The molecule has 0 aromatic heterocycles. The number of hydrogen-bond acceptors (Lipinski definition) is 3. The van der Waals surface area contributed by atoms with Gasteiger partial charge in [-0.2, -0.15) is 0 Å². The molecule has 0 atom stereocenters. The van der Waals surface area contributed by atoms with Gasteiger partial charge in [0.1, 0.15) is 6.61 Å². The summed E-state index contributed by atoms with van der Waals surface area (Å²) in [6.45, 7) is 1.72. The molecule has 0 spiro atoms. The first-order valence-electron chi connectivity index (χ1n) is 6.20. The molecule has 0 amide bonds. The third-order valence-electron chi connectivity index (χ3n) is 2.85. The molecular weight excluding hydrogens is 238 g/mol. The van der Waals surface area contributed by atoms with E-state index in [1.165, 1.54) is 17.7 Å². The number of nitrogens with one attached hydrogen (secondary N) is 1. The normalized spacial score (nSPS) is 10.8. The fourth-order valence-corrected chi connectivity index (χ4v) is 1.87. The first-order chi connectivity index (χ1) is 9.19. The van der Waals surface area contributed by atoms with Crippen LogP contribution in [0.15, 0.2) is 42.5 Å². The van der Waals surface area contributed by atoms with Crippen LogP contribution in [0, 0.1) is 0 Å². The van der Waals surface area contributed by atoms with Crippen LogP contribution in [-0.4, -0.2) is 19.6 Å². The van der Waals surface area contributed by atoms with E-state index in [0.717, 1.165) is 11.3 Å². The van der Waals surface area contributed by atoms with Gasteiger partial charge in [-0.25, -0.2) is 0 Å². The SMILES string of the molecule is CNc1ccc2cc(/C=C/COC(C)=O)ccc2c1. The lowest BCUT2D eigenvalue weighted by molar-refractivity contribution is -0.139. The number of carbonyl (C=O) groups excluding carboxylic acids is 1. The van der Waals surface area contributed by atoms with Crippen molar-refractivity contribution >= 4 is 28.5 Å². The van der Waals surface area contributed by atoms with Crippen molar-refractivity contribution in [2.45, 2.75) is 6.92 Å². The highest BCUT2D eigenvalue weighted by atomic mass is 16.5. The lowest BCUT2D eigenvalue weighted by atomic mass is 10.1. The summed E-state index contributed by atoms with van der Waals surface area (Å²) in [5.74, 6) is -0.261.